The van der Waals surface area contributed by atoms with E-state index < -0.39 is 11.8 Å². The number of nitrogens with one attached hydrogen (secondary N) is 1. The molecule has 6 heteroatoms. The number of amides is 3. The first kappa shape index (κ1) is 15.3. The standard InChI is InChI=1S/C18H21N3O3/c1-10(14-8-11-4-5-12(14)7-11)20-15(22)9-21-17(23)13-3-2-6-19-16(13)18(21)24/h2-3,6,10-12,14H,4-5,7-9H2,1H3,(H,20,22)/t10-,11-,12-,14+/m0/s1. The molecule has 4 rings (SSSR count). The second kappa shape index (κ2) is 5.69. The molecule has 0 unspecified atom stereocenters. The molecule has 3 aliphatic rings. The minimum absolute atomic E-state index is 0.0844. The molecule has 3 amide bonds. The van der Waals surface area contributed by atoms with Gasteiger partial charge in [0.1, 0.15) is 12.2 Å². The lowest BCUT2D eigenvalue weighted by molar-refractivity contribution is -0.122. The third-order valence-electron chi connectivity index (χ3n) is 5.86. The van der Waals surface area contributed by atoms with E-state index in [1.807, 2.05) is 6.92 Å². The number of carbonyl (C=O) groups is 3. The first-order valence-electron chi connectivity index (χ1n) is 8.65. The summed E-state index contributed by atoms with van der Waals surface area (Å²) >= 11 is 0. The molecule has 1 aliphatic heterocycles. The zero-order valence-corrected chi connectivity index (χ0v) is 13.7. The van der Waals surface area contributed by atoms with Crippen LogP contribution in [0.1, 0.15) is 53.5 Å². The molecular formula is C18H21N3O3. The van der Waals surface area contributed by atoms with Crippen LogP contribution in [0, 0.1) is 17.8 Å². The first-order chi connectivity index (χ1) is 11.5. The van der Waals surface area contributed by atoms with Crippen LogP contribution in [0.3, 0.4) is 0 Å². The number of aromatic nitrogens is 1. The molecule has 24 heavy (non-hydrogen) atoms. The van der Waals surface area contributed by atoms with Gasteiger partial charge in [-0.05, 0) is 56.1 Å². The number of imide groups is 1. The third kappa shape index (κ3) is 2.41. The van der Waals surface area contributed by atoms with Gasteiger partial charge in [-0.15, -0.1) is 0 Å². The van der Waals surface area contributed by atoms with Gasteiger partial charge in [-0.3, -0.25) is 24.3 Å². The molecule has 2 saturated carbocycles. The lowest BCUT2D eigenvalue weighted by atomic mass is 9.84. The van der Waals surface area contributed by atoms with Crippen LogP contribution in [0.4, 0.5) is 0 Å². The molecule has 2 aliphatic carbocycles. The predicted octanol–water partition coefficient (Wildman–Crippen LogP) is 1.62. The van der Waals surface area contributed by atoms with E-state index in [1.165, 1.54) is 31.9 Å². The molecular weight excluding hydrogens is 306 g/mol. The average molecular weight is 327 g/mol. The number of hydrogen-bond donors (Lipinski definition) is 1. The van der Waals surface area contributed by atoms with Crippen molar-refractivity contribution in [3.05, 3.63) is 29.6 Å². The monoisotopic (exact) mass is 327 g/mol. The molecule has 4 atom stereocenters. The highest BCUT2D eigenvalue weighted by atomic mass is 16.2. The minimum Gasteiger partial charge on any atom is -0.352 e. The summed E-state index contributed by atoms with van der Waals surface area (Å²) in [5.41, 5.74) is 0.410. The van der Waals surface area contributed by atoms with Gasteiger partial charge in [-0.25, -0.2) is 0 Å². The Balaban J connectivity index is 1.38. The highest BCUT2D eigenvalue weighted by molar-refractivity contribution is 6.21. The SMILES string of the molecule is C[C@H](NC(=O)CN1C(=O)c2cccnc2C1=O)[C@H]1C[C@H]2CC[C@H]1C2. The second-order valence-corrected chi connectivity index (χ2v) is 7.29. The third-order valence-corrected chi connectivity index (χ3v) is 5.86. The number of pyridine rings is 1. The molecule has 6 nitrogen and oxygen atoms in total. The summed E-state index contributed by atoms with van der Waals surface area (Å²) < 4.78 is 0. The summed E-state index contributed by atoms with van der Waals surface area (Å²) in [6, 6.07) is 3.27. The van der Waals surface area contributed by atoms with Crippen molar-refractivity contribution in [1.82, 2.24) is 15.2 Å². The Bertz CT molecular complexity index is 682. The van der Waals surface area contributed by atoms with E-state index in [4.69, 9.17) is 0 Å². The van der Waals surface area contributed by atoms with Gasteiger partial charge in [0, 0.05) is 12.2 Å². The van der Waals surface area contributed by atoms with Crippen LogP contribution in [0.15, 0.2) is 18.3 Å². The van der Waals surface area contributed by atoms with Crippen molar-refractivity contribution in [3.63, 3.8) is 0 Å². The molecule has 0 aromatic carbocycles. The van der Waals surface area contributed by atoms with E-state index in [2.05, 4.69) is 10.3 Å². The van der Waals surface area contributed by atoms with E-state index in [1.54, 1.807) is 12.1 Å². The molecule has 126 valence electrons. The van der Waals surface area contributed by atoms with Crippen LogP contribution in [0.2, 0.25) is 0 Å². The molecule has 2 heterocycles. The normalized spacial score (nSPS) is 29.0. The fourth-order valence-corrected chi connectivity index (χ4v) is 4.71. The number of hydrogen-bond acceptors (Lipinski definition) is 4. The molecule has 1 aromatic heterocycles. The van der Waals surface area contributed by atoms with E-state index in [-0.39, 0.29) is 29.8 Å². The van der Waals surface area contributed by atoms with Crippen molar-refractivity contribution in [1.29, 1.82) is 0 Å². The largest absolute Gasteiger partial charge is 0.352 e. The van der Waals surface area contributed by atoms with Gasteiger partial charge in [0.15, 0.2) is 0 Å². The first-order valence-corrected chi connectivity index (χ1v) is 8.65. The number of rotatable bonds is 4. The fraction of sp³-hybridized carbons (Fsp3) is 0.556. The maximum atomic E-state index is 12.3. The molecule has 0 spiro atoms. The van der Waals surface area contributed by atoms with Crippen LogP contribution in [-0.2, 0) is 4.79 Å². The molecule has 1 N–H and O–H groups in total. The maximum Gasteiger partial charge on any atom is 0.280 e. The van der Waals surface area contributed by atoms with Gasteiger partial charge in [0.2, 0.25) is 5.91 Å². The summed E-state index contributed by atoms with van der Waals surface area (Å²) in [4.78, 5) is 41.8. The minimum atomic E-state index is -0.488. The molecule has 0 saturated heterocycles. The van der Waals surface area contributed by atoms with Crippen LogP contribution in [0.5, 0.6) is 0 Å². The van der Waals surface area contributed by atoms with Crippen LogP contribution < -0.4 is 5.32 Å². The van der Waals surface area contributed by atoms with Crippen LogP contribution in [-0.4, -0.2) is 40.2 Å². The van der Waals surface area contributed by atoms with E-state index in [0.717, 1.165) is 10.8 Å². The summed E-state index contributed by atoms with van der Waals surface area (Å²) in [6.45, 7) is 1.80. The smallest absolute Gasteiger partial charge is 0.280 e. The fourth-order valence-electron chi connectivity index (χ4n) is 4.71. The van der Waals surface area contributed by atoms with E-state index in [0.29, 0.717) is 11.8 Å². The lowest BCUT2D eigenvalue weighted by Crippen LogP contribution is -2.46. The average Bonchev–Trinajstić information content (AvgIpc) is 3.26. The second-order valence-electron chi connectivity index (χ2n) is 7.29. The molecule has 2 bridgehead atoms. The number of fused-ring (bicyclic) bond motifs is 3. The zero-order chi connectivity index (χ0) is 16.8. The van der Waals surface area contributed by atoms with Gasteiger partial charge < -0.3 is 5.32 Å². The Hall–Kier alpha value is -2.24. The Morgan fingerprint density at radius 1 is 1.33 bits per heavy atom. The van der Waals surface area contributed by atoms with Crippen molar-refractivity contribution in [2.75, 3.05) is 6.54 Å². The Labute approximate surface area is 140 Å². The molecule has 1 aromatic rings. The van der Waals surface area contributed by atoms with Crippen molar-refractivity contribution in [2.24, 2.45) is 17.8 Å². The number of carbonyl (C=O) groups excluding carboxylic acids is 3. The summed E-state index contributed by atoms with van der Waals surface area (Å²) in [5, 5.41) is 3.00. The number of nitrogens with zero attached hydrogens (tertiary/aromatic N) is 2. The zero-order valence-electron chi connectivity index (χ0n) is 13.7. The quantitative estimate of drug-likeness (QED) is 0.852. The topological polar surface area (TPSA) is 79.4 Å². The van der Waals surface area contributed by atoms with Gasteiger partial charge in [0.25, 0.3) is 11.8 Å². The van der Waals surface area contributed by atoms with E-state index >= 15 is 0 Å². The van der Waals surface area contributed by atoms with Crippen molar-refractivity contribution >= 4 is 17.7 Å². The van der Waals surface area contributed by atoms with Crippen molar-refractivity contribution in [2.45, 2.75) is 38.6 Å². The highest BCUT2D eigenvalue weighted by Crippen LogP contribution is 2.49. The van der Waals surface area contributed by atoms with Crippen LogP contribution in [0.25, 0.3) is 0 Å². The van der Waals surface area contributed by atoms with Crippen molar-refractivity contribution in [3.8, 4) is 0 Å². The summed E-state index contributed by atoms with van der Waals surface area (Å²) in [5.74, 6) is 0.857. The summed E-state index contributed by atoms with van der Waals surface area (Å²) in [6.07, 6.45) is 6.53. The summed E-state index contributed by atoms with van der Waals surface area (Å²) in [7, 11) is 0. The Morgan fingerprint density at radius 2 is 2.17 bits per heavy atom. The Kier molecular flexibility index (Phi) is 3.62. The van der Waals surface area contributed by atoms with Gasteiger partial charge in [-0.2, -0.15) is 0 Å². The molecule has 0 radical (unpaired) electrons. The highest BCUT2D eigenvalue weighted by Gasteiger charge is 2.43. The van der Waals surface area contributed by atoms with Gasteiger partial charge in [0.05, 0.1) is 5.56 Å². The van der Waals surface area contributed by atoms with Crippen LogP contribution >= 0.6 is 0 Å². The lowest BCUT2D eigenvalue weighted by Gasteiger charge is -2.29. The van der Waals surface area contributed by atoms with Gasteiger partial charge in [-0.1, -0.05) is 6.42 Å². The Morgan fingerprint density at radius 3 is 2.83 bits per heavy atom. The maximum absolute atomic E-state index is 12.3. The van der Waals surface area contributed by atoms with Gasteiger partial charge >= 0.3 is 0 Å². The van der Waals surface area contributed by atoms with E-state index in [9.17, 15) is 14.4 Å². The van der Waals surface area contributed by atoms with Crippen molar-refractivity contribution < 1.29 is 14.4 Å². The molecule has 2 fully saturated rings. The predicted molar refractivity (Wildman–Crippen MR) is 86.1 cm³/mol.